The van der Waals surface area contributed by atoms with Crippen LogP contribution in [0.15, 0.2) is 63.7 Å². The van der Waals surface area contributed by atoms with Crippen molar-refractivity contribution in [3.8, 4) is 16.4 Å². The Bertz CT molecular complexity index is 1160. The zero-order valence-corrected chi connectivity index (χ0v) is 19.1. The third-order valence-corrected chi connectivity index (χ3v) is 7.22. The normalized spacial score (nSPS) is 14.5. The molecule has 0 unspecified atom stereocenters. The number of nitrogens with zero attached hydrogens (tertiary/aromatic N) is 4. The summed E-state index contributed by atoms with van der Waals surface area (Å²) in [6, 6.07) is 14.3. The second kappa shape index (κ2) is 9.70. The van der Waals surface area contributed by atoms with Gasteiger partial charge < -0.3 is 9.73 Å². The van der Waals surface area contributed by atoms with Crippen LogP contribution in [0.1, 0.15) is 48.5 Å². The molecule has 164 valence electrons. The summed E-state index contributed by atoms with van der Waals surface area (Å²) in [5, 5.41) is 14.7. The van der Waals surface area contributed by atoms with E-state index in [9.17, 15) is 4.79 Å². The molecule has 3 heterocycles. The summed E-state index contributed by atoms with van der Waals surface area (Å²) >= 11 is 3.11. The molecular formula is C23H23N5O2S2. The first-order chi connectivity index (χ1) is 15.8. The fourth-order valence-corrected chi connectivity index (χ4v) is 5.36. The number of oxazole rings is 1. The highest BCUT2D eigenvalue weighted by molar-refractivity contribution is 7.98. The average molecular weight is 466 g/mol. The van der Waals surface area contributed by atoms with Crippen LogP contribution >= 0.6 is 23.1 Å². The third-order valence-electron chi connectivity index (χ3n) is 5.44. The van der Waals surface area contributed by atoms with Crippen molar-refractivity contribution in [2.75, 3.05) is 0 Å². The lowest BCUT2D eigenvalue weighted by atomic mass is 9.95. The highest BCUT2D eigenvalue weighted by atomic mass is 32.2. The number of rotatable bonds is 7. The van der Waals surface area contributed by atoms with E-state index in [4.69, 9.17) is 4.42 Å². The highest BCUT2D eigenvalue weighted by Crippen LogP contribution is 2.31. The van der Waals surface area contributed by atoms with Crippen molar-refractivity contribution in [1.82, 2.24) is 25.1 Å². The van der Waals surface area contributed by atoms with Gasteiger partial charge in [-0.2, -0.15) is 0 Å². The number of thiophene rings is 1. The van der Waals surface area contributed by atoms with Gasteiger partial charge in [-0.15, -0.1) is 21.5 Å². The smallest absolute Gasteiger partial charge is 0.273 e. The first-order valence-electron chi connectivity index (χ1n) is 10.7. The monoisotopic (exact) mass is 465 g/mol. The standard InChI is InChI=1S/C23H23N5O2S2/c29-22(24-16-8-3-1-4-9-16)18-14-30-20(25-18)15-32-23-27-26-21(19-12-7-13-31-19)28(23)17-10-5-2-6-11-17/h2,5-7,10-14,16H,1,3-4,8-9,15H2,(H,24,29). The number of carbonyl (C=O) groups excluding carboxylic acids is 1. The number of thioether (sulfide) groups is 1. The van der Waals surface area contributed by atoms with Crippen LogP contribution in [-0.4, -0.2) is 31.7 Å². The van der Waals surface area contributed by atoms with Gasteiger partial charge in [0.15, 0.2) is 16.7 Å². The lowest BCUT2D eigenvalue weighted by molar-refractivity contribution is 0.0922. The number of hydrogen-bond donors (Lipinski definition) is 1. The summed E-state index contributed by atoms with van der Waals surface area (Å²) in [4.78, 5) is 18.0. The molecule has 1 amide bonds. The summed E-state index contributed by atoms with van der Waals surface area (Å²) < 4.78 is 7.61. The van der Waals surface area contributed by atoms with Gasteiger partial charge in [-0.25, -0.2) is 4.98 Å². The Balaban J connectivity index is 1.31. The highest BCUT2D eigenvalue weighted by Gasteiger charge is 2.21. The van der Waals surface area contributed by atoms with Gasteiger partial charge in [0.1, 0.15) is 6.26 Å². The summed E-state index contributed by atoms with van der Waals surface area (Å²) in [5.41, 5.74) is 1.32. The van der Waals surface area contributed by atoms with E-state index in [0.29, 0.717) is 17.3 Å². The quantitative estimate of drug-likeness (QED) is 0.371. The molecule has 9 heteroatoms. The Kier molecular flexibility index (Phi) is 6.36. The first-order valence-corrected chi connectivity index (χ1v) is 12.6. The van der Waals surface area contributed by atoms with Crippen LogP contribution in [0, 0.1) is 0 Å². The molecule has 1 N–H and O–H groups in total. The summed E-state index contributed by atoms with van der Waals surface area (Å²) in [7, 11) is 0. The van der Waals surface area contributed by atoms with Gasteiger partial charge in [0.25, 0.3) is 5.91 Å². The fourth-order valence-electron chi connectivity index (χ4n) is 3.85. The van der Waals surface area contributed by atoms with Crippen LogP contribution in [0.25, 0.3) is 16.4 Å². The maximum atomic E-state index is 12.5. The average Bonchev–Trinajstić information content (AvgIpc) is 3.59. The molecule has 0 radical (unpaired) electrons. The molecule has 1 aliphatic rings. The van der Waals surface area contributed by atoms with E-state index in [-0.39, 0.29) is 11.9 Å². The summed E-state index contributed by atoms with van der Waals surface area (Å²) in [5.74, 6) is 1.58. The van der Waals surface area contributed by atoms with Gasteiger partial charge in [0.2, 0.25) is 5.89 Å². The Morgan fingerprint density at radius 3 is 2.75 bits per heavy atom. The molecule has 3 aromatic heterocycles. The Morgan fingerprint density at radius 1 is 1.12 bits per heavy atom. The predicted octanol–water partition coefficient (Wildman–Crippen LogP) is 5.34. The second-order valence-corrected chi connectivity index (χ2v) is 9.57. The number of para-hydroxylation sites is 1. The van der Waals surface area contributed by atoms with Crippen LogP contribution in [-0.2, 0) is 5.75 Å². The molecular weight excluding hydrogens is 442 g/mol. The van der Waals surface area contributed by atoms with Crippen LogP contribution < -0.4 is 5.32 Å². The Hall–Kier alpha value is -2.91. The SMILES string of the molecule is O=C(NC1CCCCC1)c1coc(CSc2nnc(-c3cccs3)n2-c2ccccc2)n1. The molecule has 7 nitrogen and oxygen atoms in total. The molecule has 4 aromatic rings. The maximum absolute atomic E-state index is 12.5. The van der Waals surface area contributed by atoms with E-state index in [2.05, 4.69) is 20.5 Å². The number of amides is 1. The van der Waals surface area contributed by atoms with Crippen molar-refractivity contribution < 1.29 is 9.21 Å². The van der Waals surface area contributed by atoms with E-state index in [0.717, 1.165) is 34.4 Å². The molecule has 1 aliphatic carbocycles. The minimum Gasteiger partial charge on any atom is -0.447 e. The molecule has 0 atom stereocenters. The van der Waals surface area contributed by atoms with Crippen molar-refractivity contribution in [3.63, 3.8) is 0 Å². The summed E-state index contributed by atoms with van der Waals surface area (Å²) in [6.45, 7) is 0. The van der Waals surface area contributed by atoms with Crippen molar-refractivity contribution in [3.05, 3.63) is 65.7 Å². The number of benzene rings is 1. The predicted molar refractivity (Wildman–Crippen MR) is 125 cm³/mol. The third kappa shape index (κ3) is 4.63. The van der Waals surface area contributed by atoms with Gasteiger partial charge >= 0.3 is 0 Å². The minimum atomic E-state index is -0.163. The number of carbonyl (C=O) groups is 1. The maximum Gasteiger partial charge on any atom is 0.273 e. The molecule has 5 rings (SSSR count). The van der Waals surface area contributed by atoms with E-state index < -0.39 is 0 Å². The molecule has 1 aromatic carbocycles. The van der Waals surface area contributed by atoms with Gasteiger partial charge in [-0.05, 0) is 36.4 Å². The first kappa shape index (κ1) is 21.0. The largest absolute Gasteiger partial charge is 0.447 e. The number of aromatic nitrogens is 4. The lowest BCUT2D eigenvalue weighted by Crippen LogP contribution is -2.36. The molecule has 1 saturated carbocycles. The molecule has 0 aliphatic heterocycles. The van der Waals surface area contributed by atoms with E-state index in [1.165, 1.54) is 37.3 Å². The summed E-state index contributed by atoms with van der Waals surface area (Å²) in [6.07, 6.45) is 7.09. The molecule has 0 saturated heterocycles. The van der Waals surface area contributed by atoms with Crippen LogP contribution in [0.3, 0.4) is 0 Å². The van der Waals surface area contributed by atoms with Crippen LogP contribution in [0.4, 0.5) is 0 Å². The Morgan fingerprint density at radius 2 is 1.97 bits per heavy atom. The number of hydrogen-bond acceptors (Lipinski definition) is 7. The second-order valence-electron chi connectivity index (χ2n) is 7.68. The van der Waals surface area contributed by atoms with Crippen LogP contribution in [0.5, 0.6) is 0 Å². The van der Waals surface area contributed by atoms with Gasteiger partial charge in [-0.1, -0.05) is 55.3 Å². The van der Waals surface area contributed by atoms with Gasteiger partial charge in [0.05, 0.1) is 10.6 Å². The Labute approximate surface area is 194 Å². The molecule has 1 fully saturated rings. The van der Waals surface area contributed by atoms with Gasteiger partial charge in [-0.3, -0.25) is 9.36 Å². The zero-order valence-electron chi connectivity index (χ0n) is 17.4. The molecule has 0 spiro atoms. The fraction of sp³-hybridized carbons (Fsp3) is 0.304. The lowest BCUT2D eigenvalue weighted by Gasteiger charge is -2.22. The van der Waals surface area contributed by atoms with Crippen molar-refractivity contribution in [2.24, 2.45) is 0 Å². The van der Waals surface area contributed by atoms with Gasteiger partial charge in [0, 0.05) is 11.7 Å². The molecule has 32 heavy (non-hydrogen) atoms. The van der Waals surface area contributed by atoms with E-state index in [1.807, 2.05) is 52.4 Å². The number of nitrogens with one attached hydrogen (secondary N) is 1. The van der Waals surface area contributed by atoms with E-state index in [1.54, 1.807) is 11.3 Å². The zero-order chi connectivity index (χ0) is 21.8. The van der Waals surface area contributed by atoms with Crippen molar-refractivity contribution in [1.29, 1.82) is 0 Å². The topological polar surface area (TPSA) is 85.8 Å². The van der Waals surface area contributed by atoms with Crippen molar-refractivity contribution >= 4 is 29.0 Å². The van der Waals surface area contributed by atoms with Crippen LogP contribution in [0.2, 0.25) is 0 Å². The van der Waals surface area contributed by atoms with E-state index >= 15 is 0 Å². The minimum absolute atomic E-state index is 0.163. The molecule has 0 bridgehead atoms. The van der Waals surface area contributed by atoms with Crippen molar-refractivity contribution in [2.45, 2.75) is 49.1 Å².